The maximum atomic E-state index is 12.5. The molecule has 3 rings (SSSR count). The number of pyridine rings is 1. The molecule has 4 nitrogen and oxygen atoms in total. The molecule has 0 fully saturated rings. The molecule has 0 saturated carbocycles. The molecule has 24 heavy (non-hydrogen) atoms. The molecule has 2 aromatic carbocycles. The second-order valence-corrected chi connectivity index (χ2v) is 5.97. The van der Waals surface area contributed by atoms with Crippen LogP contribution in [0.15, 0.2) is 53.3 Å². The molecule has 0 aliphatic rings. The van der Waals surface area contributed by atoms with Crippen LogP contribution < -0.4 is 10.7 Å². The molecule has 0 bridgehead atoms. The molecule has 5 heteroatoms. The Hall–Kier alpha value is -2.59. The second kappa shape index (κ2) is 6.49. The monoisotopic (exact) mass is 340 g/mol. The molecule has 0 unspecified atom stereocenters. The van der Waals surface area contributed by atoms with Gasteiger partial charge in [-0.2, -0.15) is 0 Å². The number of aryl methyl sites for hydroxylation is 2. The number of aromatic nitrogens is 1. The molecular weight excluding hydrogens is 324 g/mol. The van der Waals surface area contributed by atoms with Crippen LogP contribution in [0.5, 0.6) is 0 Å². The van der Waals surface area contributed by atoms with Crippen LogP contribution in [0.2, 0.25) is 5.02 Å². The lowest BCUT2D eigenvalue weighted by Gasteiger charge is -2.13. The summed E-state index contributed by atoms with van der Waals surface area (Å²) in [6, 6.07) is 13.8. The molecule has 0 aliphatic heterocycles. The normalized spacial score (nSPS) is 10.8. The van der Waals surface area contributed by atoms with Crippen LogP contribution in [0, 0.1) is 6.92 Å². The Labute approximate surface area is 144 Å². The van der Waals surface area contributed by atoms with Crippen molar-refractivity contribution in [1.29, 1.82) is 0 Å². The van der Waals surface area contributed by atoms with Gasteiger partial charge < -0.3 is 9.88 Å². The van der Waals surface area contributed by atoms with Gasteiger partial charge in [0.1, 0.15) is 0 Å². The molecule has 0 atom stereocenters. The molecule has 0 spiro atoms. The van der Waals surface area contributed by atoms with Crippen LogP contribution in [-0.4, -0.2) is 10.5 Å². The predicted molar refractivity (Wildman–Crippen MR) is 98.0 cm³/mol. The average molecular weight is 341 g/mol. The first kappa shape index (κ1) is 16.3. The number of carbonyl (C=O) groups excluding carboxylic acids is 1. The summed E-state index contributed by atoms with van der Waals surface area (Å²) in [5.41, 5.74) is 2.62. The molecule has 3 aromatic rings. The Kier molecular flexibility index (Phi) is 4.40. The van der Waals surface area contributed by atoms with Crippen molar-refractivity contribution in [1.82, 2.24) is 4.57 Å². The van der Waals surface area contributed by atoms with E-state index in [-0.39, 0.29) is 11.3 Å². The summed E-state index contributed by atoms with van der Waals surface area (Å²) in [5, 5.41) is 3.78. The number of hydrogen-bond donors (Lipinski definition) is 1. The highest BCUT2D eigenvalue weighted by Crippen LogP contribution is 2.22. The van der Waals surface area contributed by atoms with Crippen molar-refractivity contribution >= 4 is 34.1 Å². The number of anilines is 1. The van der Waals surface area contributed by atoms with E-state index >= 15 is 0 Å². The molecule has 0 radical (unpaired) electrons. The van der Waals surface area contributed by atoms with Crippen LogP contribution in [0.4, 0.5) is 5.69 Å². The van der Waals surface area contributed by atoms with E-state index in [1.165, 1.54) is 0 Å². The Morgan fingerprint density at radius 2 is 1.92 bits per heavy atom. The first-order valence-electron chi connectivity index (χ1n) is 7.71. The Morgan fingerprint density at radius 1 is 1.17 bits per heavy atom. The van der Waals surface area contributed by atoms with Crippen molar-refractivity contribution in [2.75, 3.05) is 5.32 Å². The lowest BCUT2D eigenvalue weighted by Crippen LogP contribution is -2.15. The summed E-state index contributed by atoms with van der Waals surface area (Å²) >= 11 is 6.06. The van der Waals surface area contributed by atoms with E-state index in [0.29, 0.717) is 21.7 Å². The first-order valence-corrected chi connectivity index (χ1v) is 8.09. The smallest absolute Gasteiger partial charge is 0.255 e. The topological polar surface area (TPSA) is 51.1 Å². The zero-order valence-electron chi connectivity index (χ0n) is 13.5. The lowest BCUT2D eigenvalue weighted by atomic mass is 10.1. The molecule has 1 amide bonds. The lowest BCUT2D eigenvalue weighted by molar-refractivity contribution is 0.102. The molecule has 1 N–H and O–H groups in total. The number of benzene rings is 2. The van der Waals surface area contributed by atoms with E-state index in [0.717, 1.165) is 17.8 Å². The molecular formula is C19H17ClN2O2. The summed E-state index contributed by atoms with van der Waals surface area (Å²) in [6.07, 6.45) is 0. The number of halogens is 1. The first-order chi connectivity index (χ1) is 11.5. The number of nitrogens with zero attached hydrogens (tertiary/aromatic N) is 1. The van der Waals surface area contributed by atoms with Gasteiger partial charge in [0.25, 0.3) is 5.91 Å². The van der Waals surface area contributed by atoms with E-state index in [9.17, 15) is 9.59 Å². The van der Waals surface area contributed by atoms with Gasteiger partial charge in [0.05, 0.1) is 16.2 Å². The Morgan fingerprint density at radius 3 is 2.62 bits per heavy atom. The number of rotatable bonds is 3. The largest absolute Gasteiger partial charge is 0.345 e. The fourth-order valence-electron chi connectivity index (χ4n) is 2.82. The summed E-state index contributed by atoms with van der Waals surface area (Å²) in [4.78, 5) is 24.8. The van der Waals surface area contributed by atoms with Gasteiger partial charge in [-0.05, 0) is 44.2 Å². The summed E-state index contributed by atoms with van der Waals surface area (Å²) in [6.45, 7) is 4.69. The number of hydrogen-bond acceptors (Lipinski definition) is 2. The quantitative estimate of drug-likeness (QED) is 0.775. The molecule has 1 aromatic heterocycles. The predicted octanol–water partition coefficient (Wildman–Crippen LogP) is 4.24. The number of carbonyl (C=O) groups is 1. The van der Waals surface area contributed by atoms with Crippen LogP contribution in [0.1, 0.15) is 23.0 Å². The fourth-order valence-corrected chi connectivity index (χ4v) is 3.01. The third-order valence-corrected chi connectivity index (χ3v) is 4.35. The van der Waals surface area contributed by atoms with Crippen molar-refractivity contribution in [2.24, 2.45) is 0 Å². The maximum Gasteiger partial charge on any atom is 0.255 e. The minimum absolute atomic E-state index is 0.0837. The third-order valence-electron chi connectivity index (χ3n) is 4.02. The summed E-state index contributed by atoms with van der Waals surface area (Å²) < 4.78 is 2.05. The van der Waals surface area contributed by atoms with E-state index in [1.807, 2.05) is 24.5 Å². The fraction of sp³-hybridized carbons (Fsp3) is 0.158. The van der Waals surface area contributed by atoms with Gasteiger partial charge in [0, 0.05) is 29.3 Å². The van der Waals surface area contributed by atoms with Crippen molar-refractivity contribution in [3.05, 3.63) is 75.0 Å². The highest BCUT2D eigenvalue weighted by Gasteiger charge is 2.12. The van der Waals surface area contributed by atoms with Gasteiger partial charge in [-0.15, -0.1) is 0 Å². The number of para-hydroxylation sites is 1. The number of nitrogens with one attached hydrogen (secondary N) is 1. The minimum atomic E-state index is -0.298. The van der Waals surface area contributed by atoms with E-state index in [2.05, 4.69) is 5.32 Å². The van der Waals surface area contributed by atoms with Gasteiger partial charge >= 0.3 is 0 Å². The number of fused-ring (bicyclic) bond motifs is 1. The van der Waals surface area contributed by atoms with E-state index in [1.54, 1.807) is 42.5 Å². The van der Waals surface area contributed by atoms with Crippen molar-refractivity contribution in [3.8, 4) is 0 Å². The SMILES string of the molecule is CCn1c(C)cc(=O)c2cc(C(=O)Nc3ccccc3Cl)ccc21. The van der Waals surface area contributed by atoms with Crippen LogP contribution in [0.25, 0.3) is 10.9 Å². The van der Waals surface area contributed by atoms with Gasteiger partial charge in [0.15, 0.2) is 5.43 Å². The zero-order valence-corrected chi connectivity index (χ0v) is 14.2. The van der Waals surface area contributed by atoms with Gasteiger partial charge in [0.2, 0.25) is 0 Å². The van der Waals surface area contributed by atoms with Crippen molar-refractivity contribution in [2.45, 2.75) is 20.4 Å². The van der Waals surface area contributed by atoms with Gasteiger partial charge in [-0.25, -0.2) is 0 Å². The Bertz CT molecular complexity index is 992. The second-order valence-electron chi connectivity index (χ2n) is 5.56. The molecule has 0 saturated heterocycles. The minimum Gasteiger partial charge on any atom is -0.345 e. The van der Waals surface area contributed by atoms with Crippen molar-refractivity contribution in [3.63, 3.8) is 0 Å². The highest BCUT2D eigenvalue weighted by molar-refractivity contribution is 6.33. The molecule has 1 heterocycles. The van der Waals surface area contributed by atoms with Gasteiger partial charge in [-0.1, -0.05) is 23.7 Å². The average Bonchev–Trinajstić information content (AvgIpc) is 2.57. The van der Waals surface area contributed by atoms with Crippen LogP contribution in [-0.2, 0) is 6.54 Å². The van der Waals surface area contributed by atoms with Crippen molar-refractivity contribution < 1.29 is 4.79 Å². The van der Waals surface area contributed by atoms with Gasteiger partial charge in [-0.3, -0.25) is 9.59 Å². The zero-order chi connectivity index (χ0) is 17.3. The summed E-state index contributed by atoms with van der Waals surface area (Å²) in [7, 11) is 0. The maximum absolute atomic E-state index is 12.5. The van der Waals surface area contributed by atoms with E-state index < -0.39 is 0 Å². The van der Waals surface area contributed by atoms with Crippen LogP contribution >= 0.6 is 11.6 Å². The molecule has 0 aliphatic carbocycles. The Balaban J connectivity index is 2.04. The standard InChI is InChI=1S/C19H17ClN2O2/c1-3-22-12(2)10-18(23)14-11-13(8-9-17(14)22)19(24)21-16-7-5-4-6-15(16)20/h4-11H,3H2,1-2H3,(H,21,24). The van der Waals surface area contributed by atoms with Crippen LogP contribution in [0.3, 0.4) is 0 Å². The van der Waals surface area contributed by atoms with E-state index in [4.69, 9.17) is 11.6 Å². The summed E-state index contributed by atoms with van der Waals surface area (Å²) in [5.74, 6) is -0.298. The third kappa shape index (κ3) is 2.93. The molecule has 122 valence electrons. The highest BCUT2D eigenvalue weighted by atomic mass is 35.5. The number of amides is 1.